The van der Waals surface area contributed by atoms with Crippen LogP contribution in [0.5, 0.6) is 5.75 Å². The summed E-state index contributed by atoms with van der Waals surface area (Å²) in [6, 6.07) is 17.0. The van der Waals surface area contributed by atoms with Crippen molar-refractivity contribution in [3.63, 3.8) is 0 Å². The number of ether oxygens (including phenoxy) is 1. The van der Waals surface area contributed by atoms with Gasteiger partial charge in [0, 0.05) is 12.6 Å². The maximum absolute atomic E-state index is 12.5. The van der Waals surface area contributed by atoms with E-state index in [4.69, 9.17) is 4.74 Å². The molecule has 0 unspecified atom stereocenters. The first-order valence-electron chi connectivity index (χ1n) is 10.1. The third-order valence-corrected chi connectivity index (χ3v) is 5.01. The van der Waals surface area contributed by atoms with E-state index in [1.807, 2.05) is 30.3 Å². The number of carbonyl (C=O) groups excluding carboxylic acids is 2. The fraction of sp³-hybridized carbons (Fsp3) is 0.391. The molecular formula is C23H28N2O3. The highest BCUT2D eigenvalue weighted by atomic mass is 16.5. The van der Waals surface area contributed by atoms with Crippen LogP contribution in [0, 0.1) is 0 Å². The van der Waals surface area contributed by atoms with E-state index in [0.717, 1.165) is 31.2 Å². The van der Waals surface area contributed by atoms with E-state index < -0.39 is 0 Å². The van der Waals surface area contributed by atoms with Crippen LogP contribution in [-0.2, 0) is 11.3 Å². The zero-order valence-electron chi connectivity index (χ0n) is 16.2. The lowest BCUT2D eigenvalue weighted by atomic mass is 10.1. The van der Waals surface area contributed by atoms with Crippen molar-refractivity contribution in [2.24, 2.45) is 0 Å². The molecule has 2 aromatic carbocycles. The summed E-state index contributed by atoms with van der Waals surface area (Å²) < 4.78 is 5.67. The second kappa shape index (κ2) is 10.5. The van der Waals surface area contributed by atoms with E-state index in [9.17, 15) is 9.59 Å². The van der Waals surface area contributed by atoms with Gasteiger partial charge >= 0.3 is 0 Å². The van der Waals surface area contributed by atoms with Gasteiger partial charge in [0.25, 0.3) is 11.8 Å². The Hall–Kier alpha value is -2.82. The summed E-state index contributed by atoms with van der Waals surface area (Å²) in [6.07, 6.45) is 6.88. The molecule has 1 aliphatic carbocycles. The Bertz CT molecular complexity index is 768. The molecule has 2 N–H and O–H groups in total. The first-order valence-corrected chi connectivity index (χ1v) is 10.1. The van der Waals surface area contributed by atoms with E-state index >= 15 is 0 Å². The molecule has 0 saturated heterocycles. The highest BCUT2D eigenvalue weighted by molar-refractivity contribution is 5.97. The van der Waals surface area contributed by atoms with Crippen LogP contribution in [0.2, 0.25) is 0 Å². The topological polar surface area (TPSA) is 67.4 Å². The number of hydrogen-bond acceptors (Lipinski definition) is 3. The Morgan fingerprint density at radius 2 is 1.57 bits per heavy atom. The fourth-order valence-electron chi connectivity index (χ4n) is 3.49. The largest absolute Gasteiger partial charge is 0.483 e. The quantitative estimate of drug-likeness (QED) is 0.717. The molecule has 5 nitrogen and oxygen atoms in total. The lowest BCUT2D eigenvalue weighted by Gasteiger charge is -2.17. The smallest absolute Gasteiger partial charge is 0.258 e. The van der Waals surface area contributed by atoms with Crippen molar-refractivity contribution in [1.29, 1.82) is 0 Å². The molecule has 0 bridgehead atoms. The standard InChI is InChI=1S/C23H28N2O3/c26-22(25-19-12-6-1-2-7-13-19)17-28-21-15-9-8-14-20(21)23(27)24-16-18-10-4-3-5-11-18/h3-5,8-11,14-15,19H,1-2,6-7,12-13,16-17H2,(H,24,27)(H,25,26). The maximum Gasteiger partial charge on any atom is 0.258 e. The van der Waals surface area contributed by atoms with E-state index in [1.54, 1.807) is 24.3 Å². The first kappa shape index (κ1) is 19.9. The molecule has 1 saturated carbocycles. The molecule has 1 fully saturated rings. The molecule has 0 heterocycles. The molecule has 2 amide bonds. The molecule has 5 heteroatoms. The maximum atomic E-state index is 12.5. The predicted octanol–water partition coefficient (Wildman–Crippen LogP) is 3.83. The van der Waals surface area contributed by atoms with E-state index in [2.05, 4.69) is 10.6 Å². The Kier molecular flexibility index (Phi) is 7.47. The lowest BCUT2D eigenvalue weighted by Crippen LogP contribution is -2.37. The van der Waals surface area contributed by atoms with Gasteiger partial charge in [-0.15, -0.1) is 0 Å². The Morgan fingerprint density at radius 3 is 2.32 bits per heavy atom. The van der Waals surface area contributed by atoms with Crippen LogP contribution in [0.1, 0.15) is 54.4 Å². The molecule has 0 atom stereocenters. The second-order valence-corrected chi connectivity index (χ2v) is 7.21. The molecule has 0 aliphatic heterocycles. The minimum Gasteiger partial charge on any atom is -0.483 e. The van der Waals surface area contributed by atoms with Crippen LogP contribution in [0.25, 0.3) is 0 Å². The van der Waals surface area contributed by atoms with Gasteiger partial charge in [-0.1, -0.05) is 68.1 Å². The van der Waals surface area contributed by atoms with E-state index in [0.29, 0.717) is 17.9 Å². The molecule has 3 rings (SSSR count). The zero-order valence-corrected chi connectivity index (χ0v) is 16.2. The Morgan fingerprint density at radius 1 is 0.893 bits per heavy atom. The molecular weight excluding hydrogens is 352 g/mol. The number of hydrogen-bond donors (Lipinski definition) is 2. The number of rotatable bonds is 7. The van der Waals surface area contributed by atoms with Crippen molar-refractivity contribution in [3.05, 3.63) is 65.7 Å². The third kappa shape index (κ3) is 6.12. The number of carbonyl (C=O) groups is 2. The second-order valence-electron chi connectivity index (χ2n) is 7.21. The SMILES string of the molecule is O=C(COc1ccccc1C(=O)NCc1ccccc1)NC1CCCCCC1. The summed E-state index contributed by atoms with van der Waals surface area (Å²) in [4.78, 5) is 24.8. The van der Waals surface area contributed by atoms with Crippen LogP contribution in [0.15, 0.2) is 54.6 Å². The minimum absolute atomic E-state index is 0.0839. The van der Waals surface area contributed by atoms with Gasteiger partial charge < -0.3 is 15.4 Å². The van der Waals surface area contributed by atoms with Gasteiger partial charge in [0.05, 0.1) is 5.56 Å². The van der Waals surface area contributed by atoms with Crippen molar-refractivity contribution in [2.75, 3.05) is 6.61 Å². The number of amides is 2. The lowest BCUT2D eigenvalue weighted by molar-refractivity contribution is -0.123. The molecule has 2 aromatic rings. The first-order chi connectivity index (χ1) is 13.7. The van der Waals surface area contributed by atoms with Crippen molar-refractivity contribution in [3.8, 4) is 5.75 Å². The molecule has 0 aromatic heterocycles. The molecule has 0 spiro atoms. The summed E-state index contributed by atoms with van der Waals surface area (Å²) in [7, 11) is 0. The van der Waals surface area contributed by atoms with Crippen LogP contribution >= 0.6 is 0 Å². The Labute approximate surface area is 166 Å². The normalized spacial score (nSPS) is 14.7. The summed E-state index contributed by atoms with van der Waals surface area (Å²) >= 11 is 0. The molecule has 1 aliphatic rings. The van der Waals surface area contributed by atoms with Gasteiger partial charge in [0.2, 0.25) is 0 Å². The van der Waals surface area contributed by atoms with E-state index in [1.165, 1.54) is 12.8 Å². The summed E-state index contributed by atoms with van der Waals surface area (Å²) in [6.45, 7) is 0.357. The minimum atomic E-state index is -0.219. The van der Waals surface area contributed by atoms with Crippen molar-refractivity contribution >= 4 is 11.8 Å². The average Bonchev–Trinajstić information content (AvgIpc) is 3.00. The third-order valence-electron chi connectivity index (χ3n) is 5.01. The van der Waals surface area contributed by atoms with Gasteiger partial charge in [-0.25, -0.2) is 0 Å². The van der Waals surface area contributed by atoms with E-state index in [-0.39, 0.29) is 24.5 Å². The van der Waals surface area contributed by atoms with Crippen LogP contribution in [0.3, 0.4) is 0 Å². The summed E-state index contributed by atoms with van der Waals surface area (Å²) in [5.74, 6) is 0.0686. The van der Waals surface area contributed by atoms with Crippen molar-refractivity contribution in [1.82, 2.24) is 10.6 Å². The van der Waals surface area contributed by atoms with Gasteiger partial charge in [-0.05, 0) is 30.5 Å². The monoisotopic (exact) mass is 380 g/mol. The number of benzene rings is 2. The Balaban J connectivity index is 1.52. The van der Waals surface area contributed by atoms with Gasteiger partial charge in [0.15, 0.2) is 6.61 Å². The average molecular weight is 380 g/mol. The van der Waals surface area contributed by atoms with Crippen LogP contribution in [0.4, 0.5) is 0 Å². The summed E-state index contributed by atoms with van der Waals surface area (Å²) in [5, 5.41) is 5.96. The van der Waals surface area contributed by atoms with Crippen LogP contribution in [-0.4, -0.2) is 24.5 Å². The van der Waals surface area contributed by atoms with Gasteiger partial charge in [0.1, 0.15) is 5.75 Å². The number of para-hydroxylation sites is 1. The van der Waals surface area contributed by atoms with Crippen molar-refractivity contribution < 1.29 is 14.3 Å². The highest BCUT2D eigenvalue weighted by Gasteiger charge is 2.16. The molecule has 28 heavy (non-hydrogen) atoms. The predicted molar refractivity (Wildman–Crippen MR) is 109 cm³/mol. The molecule has 0 radical (unpaired) electrons. The highest BCUT2D eigenvalue weighted by Crippen LogP contribution is 2.19. The van der Waals surface area contributed by atoms with Gasteiger partial charge in [-0.3, -0.25) is 9.59 Å². The van der Waals surface area contributed by atoms with Gasteiger partial charge in [-0.2, -0.15) is 0 Å². The fourth-order valence-corrected chi connectivity index (χ4v) is 3.49. The zero-order chi connectivity index (χ0) is 19.6. The molecule has 148 valence electrons. The summed E-state index contributed by atoms with van der Waals surface area (Å²) in [5.41, 5.74) is 1.46. The van der Waals surface area contributed by atoms with Crippen LogP contribution < -0.4 is 15.4 Å². The van der Waals surface area contributed by atoms with Crippen molar-refractivity contribution in [2.45, 2.75) is 51.1 Å². The number of nitrogens with one attached hydrogen (secondary N) is 2.